The molecule has 0 bridgehead atoms. The zero-order chi connectivity index (χ0) is 19.0. The van der Waals surface area contributed by atoms with Crippen molar-refractivity contribution >= 4 is 51.2 Å². The summed E-state index contributed by atoms with van der Waals surface area (Å²) in [5.41, 5.74) is 3.44. The largest absolute Gasteiger partial charge is 0.193 e. The second-order valence-corrected chi connectivity index (χ2v) is 9.11. The molecule has 128 valence electrons. The fourth-order valence-electron chi connectivity index (χ4n) is 2.98. The van der Waals surface area contributed by atoms with Crippen LogP contribution in [0.15, 0.2) is 30.3 Å². The van der Waals surface area contributed by atoms with Crippen molar-refractivity contribution in [3.8, 4) is 18.2 Å². The van der Waals surface area contributed by atoms with Gasteiger partial charge in [-0.15, -0.1) is 34.0 Å². The number of fused-ring (bicyclic) bond motifs is 1. The SMILES string of the molecule is C/C(C#N)=c1/cc/c(=c2\s/c(=c3\ccc(=C(C#N)C#N)s3)c3c2CC=C3)s1. The molecule has 1 aliphatic rings. The van der Waals surface area contributed by atoms with Crippen LogP contribution >= 0.6 is 34.0 Å². The highest BCUT2D eigenvalue weighted by molar-refractivity contribution is 7.13. The van der Waals surface area contributed by atoms with E-state index in [0.717, 1.165) is 21.1 Å². The molecular weight excluding hydrogens is 390 g/mol. The molecule has 0 spiro atoms. The number of rotatable bonds is 0. The van der Waals surface area contributed by atoms with E-state index in [1.165, 1.54) is 36.1 Å². The van der Waals surface area contributed by atoms with Gasteiger partial charge in [-0.25, -0.2) is 0 Å². The summed E-state index contributed by atoms with van der Waals surface area (Å²) in [7, 11) is 0. The van der Waals surface area contributed by atoms with E-state index in [4.69, 9.17) is 15.8 Å². The third-order valence-corrected chi connectivity index (χ3v) is 8.24. The standard InChI is InChI=1S/C21H11N3S3/c1-12(9-22)16-5-7-18(25-16)20-14-3-2-4-15(14)21(27-20)19-8-6-17(26-19)13(10-23)11-24/h2,4-8H,3H2,1H3/b16-12+,20-18+,21-19+. The van der Waals surface area contributed by atoms with Crippen molar-refractivity contribution in [2.24, 2.45) is 0 Å². The van der Waals surface area contributed by atoms with Crippen LogP contribution < -0.4 is 9.06 Å². The van der Waals surface area contributed by atoms with Gasteiger partial charge in [-0.1, -0.05) is 12.2 Å². The Labute approximate surface area is 166 Å². The predicted octanol–water partition coefficient (Wildman–Crippen LogP) is 3.91. The molecule has 0 aromatic carbocycles. The number of hydrogen-bond acceptors (Lipinski definition) is 6. The van der Waals surface area contributed by atoms with Gasteiger partial charge in [0.15, 0.2) is 0 Å². The average molecular weight is 402 g/mol. The summed E-state index contributed by atoms with van der Waals surface area (Å²) in [5, 5.41) is 27.3. The van der Waals surface area contributed by atoms with Crippen molar-refractivity contribution in [1.29, 1.82) is 15.8 Å². The Bertz CT molecular complexity index is 1530. The van der Waals surface area contributed by atoms with Gasteiger partial charge < -0.3 is 0 Å². The minimum atomic E-state index is 0.153. The van der Waals surface area contributed by atoms with Crippen LogP contribution in [-0.4, -0.2) is 0 Å². The van der Waals surface area contributed by atoms with Crippen LogP contribution in [0.1, 0.15) is 18.1 Å². The monoisotopic (exact) mass is 401 g/mol. The summed E-state index contributed by atoms with van der Waals surface area (Å²) < 4.78 is 6.38. The van der Waals surface area contributed by atoms with E-state index < -0.39 is 0 Å². The first-order chi connectivity index (χ1) is 13.2. The third-order valence-electron chi connectivity index (χ3n) is 4.32. The number of nitriles is 3. The maximum atomic E-state index is 9.13. The fourth-order valence-corrected chi connectivity index (χ4v) is 6.47. The molecule has 0 unspecified atom stereocenters. The lowest BCUT2D eigenvalue weighted by molar-refractivity contribution is 1.31. The van der Waals surface area contributed by atoms with Crippen molar-refractivity contribution in [2.75, 3.05) is 0 Å². The highest BCUT2D eigenvalue weighted by Gasteiger charge is 2.13. The van der Waals surface area contributed by atoms with Crippen LogP contribution in [0.4, 0.5) is 0 Å². The van der Waals surface area contributed by atoms with Gasteiger partial charge >= 0.3 is 0 Å². The molecule has 27 heavy (non-hydrogen) atoms. The molecule has 3 nitrogen and oxygen atoms in total. The topological polar surface area (TPSA) is 71.4 Å². The normalized spacial score (nSPS) is 15.5. The molecule has 3 aromatic rings. The van der Waals surface area contributed by atoms with Gasteiger partial charge in [0.1, 0.15) is 17.7 Å². The van der Waals surface area contributed by atoms with E-state index in [0.29, 0.717) is 4.53 Å². The van der Waals surface area contributed by atoms with Gasteiger partial charge in [0.05, 0.1) is 15.1 Å². The molecule has 0 saturated heterocycles. The summed E-state index contributed by atoms with van der Waals surface area (Å²) in [4.78, 5) is 0. The Morgan fingerprint density at radius 1 is 0.852 bits per heavy atom. The van der Waals surface area contributed by atoms with Crippen LogP contribution in [0.25, 0.3) is 17.2 Å². The molecule has 3 heterocycles. The van der Waals surface area contributed by atoms with Crippen LogP contribution in [-0.2, 0) is 6.42 Å². The van der Waals surface area contributed by atoms with Crippen molar-refractivity contribution in [1.82, 2.24) is 0 Å². The van der Waals surface area contributed by atoms with Crippen molar-refractivity contribution < 1.29 is 0 Å². The van der Waals surface area contributed by atoms with E-state index in [2.05, 4.69) is 24.3 Å². The lowest BCUT2D eigenvalue weighted by Crippen LogP contribution is -1.94. The second kappa shape index (κ2) is 6.99. The number of nitrogens with zero attached hydrogens (tertiary/aromatic N) is 3. The molecule has 3 aromatic heterocycles. The molecule has 0 saturated carbocycles. The first kappa shape index (κ1) is 17.5. The van der Waals surface area contributed by atoms with E-state index >= 15 is 0 Å². The van der Waals surface area contributed by atoms with Crippen LogP contribution in [0, 0.1) is 52.1 Å². The zero-order valence-electron chi connectivity index (χ0n) is 14.2. The van der Waals surface area contributed by atoms with Gasteiger partial charge in [0, 0.05) is 23.7 Å². The van der Waals surface area contributed by atoms with E-state index in [1.54, 1.807) is 22.7 Å². The van der Waals surface area contributed by atoms with Crippen LogP contribution in [0.2, 0.25) is 0 Å². The summed E-state index contributed by atoms with van der Waals surface area (Å²) in [6.07, 6.45) is 5.23. The Kier molecular flexibility index (Phi) is 4.52. The summed E-state index contributed by atoms with van der Waals surface area (Å²) in [6.45, 7) is 1.84. The van der Waals surface area contributed by atoms with Gasteiger partial charge in [0.2, 0.25) is 0 Å². The summed E-state index contributed by atoms with van der Waals surface area (Å²) in [5.74, 6) is 0. The highest BCUT2D eigenvalue weighted by atomic mass is 32.1. The molecule has 0 amide bonds. The van der Waals surface area contributed by atoms with Crippen molar-refractivity contribution in [3.05, 3.63) is 68.7 Å². The Balaban J connectivity index is 2.16. The second-order valence-electron chi connectivity index (χ2n) is 5.92. The Hall–Kier alpha value is -2.95. The smallest absolute Gasteiger partial charge is 0.146 e. The lowest BCUT2D eigenvalue weighted by atomic mass is 10.2. The quantitative estimate of drug-likeness (QED) is 0.573. The van der Waals surface area contributed by atoms with E-state index in [-0.39, 0.29) is 5.57 Å². The lowest BCUT2D eigenvalue weighted by Gasteiger charge is -1.86. The summed E-state index contributed by atoms with van der Waals surface area (Å²) >= 11 is 4.87. The minimum absolute atomic E-state index is 0.153. The van der Waals surface area contributed by atoms with Crippen LogP contribution in [0.5, 0.6) is 0 Å². The maximum Gasteiger partial charge on any atom is 0.146 e. The molecule has 6 heteroatoms. The zero-order valence-corrected chi connectivity index (χ0v) is 16.7. The minimum Gasteiger partial charge on any atom is -0.193 e. The molecule has 1 aliphatic carbocycles. The number of thiophene rings is 3. The highest BCUT2D eigenvalue weighted by Crippen LogP contribution is 2.29. The predicted molar refractivity (Wildman–Crippen MR) is 110 cm³/mol. The van der Waals surface area contributed by atoms with Crippen LogP contribution in [0.3, 0.4) is 0 Å². The number of allylic oxidation sites excluding steroid dienone is 1. The Morgan fingerprint density at radius 3 is 2.22 bits per heavy atom. The molecule has 0 N–H and O–H groups in total. The fraction of sp³-hybridized carbons (Fsp3) is 0.0952. The third kappa shape index (κ3) is 2.93. The van der Waals surface area contributed by atoms with Gasteiger partial charge in [-0.2, -0.15) is 15.8 Å². The van der Waals surface area contributed by atoms with E-state index in [1.807, 2.05) is 37.3 Å². The summed E-state index contributed by atoms with van der Waals surface area (Å²) in [6, 6.07) is 14.1. The average Bonchev–Trinajstić information content (AvgIpc) is 3.44. The van der Waals surface area contributed by atoms with Gasteiger partial charge in [-0.3, -0.25) is 0 Å². The molecule has 0 aliphatic heterocycles. The molecule has 4 rings (SSSR count). The number of hydrogen-bond donors (Lipinski definition) is 0. The first-order valence-corrected chi connectivity index (χ1v) is 10.6. The van der Waals surface area contributed by atoms with Crippen molar-refractivity contribution in [3.63, 3.8) is 0 Å². The Morgan fingerprint density at radius 2 is 1.52 bits per heavy atom. The van der Waals surface area contributed by atoms with Crippen molar-refractivity contribution in [2.45, 2.75) is 13.3 Å². The molecule has 0 atom stereocenters. The maximum absolute atomic E-state index is 9.13. The molecule has 0 fully saturated rings. The van der Waals surface area contributed by atoms with Gasteiger partial charge in [0.25, 0.3) is 0 Å². The molecular formula is C21H11N3S3. The van der Waals surface area contributed by atoms with E-state index in [9.17, 15) is 0 Å². The van der Waals surface area contributed by atoms with Gasteiger partial charge in [-0.05, 0) is 48.7 Å². The molecule has 0 radical (unpaired) electrons. The first-order valence-electron chi connectivity index (χ1n) is 8.10.